The summed E-state index contributed by atoms with van der Waals surface area (Å²) < 4.78 is 0. The standard InChI is InChI=1S/C19H21NO2S/c1-4-19(22)20-16-8-6-15(7-9-16)17(21)12-23-18-10-5-13(2)11-14(18)3/h5-11H,4,12H2,1-3H3,(H,20,22). The van der Waals surface area contributed by atoms with Gasteiger partial charge in [0.05, 0.1) is 5.75 Å². The smallest absolute Gasteiger partial charge is 0.224 e. The Bertz CT molecular complexity index is 708. The van der Waals surface area contributed by atoms with E-state index in [9.17, 15) is 9.59 Å². The van der Waals surface area contributed by atoms with Crippen LogP contribution in [0.2, 0.25) is 0 Å². The van der Waals surface area contributed by atoms with Gasteiger partial charge >= 0.3 is 0 Å². The van der Waals surface area contributed by atoms with E-state index in [0.717, 1.165) is 10.6 Å². The van der Waals surface area contributed by atoms with E-state index < -0.39 is 0 Å². The number of thioether (sulfide) groups is 1. The largest absolute Gasteiger partial charge is 0.326 e. The van der Waals surface area contributed by atoms with Gasteiger partial charge in [0.2, 0.25) is 5.91 Å². The molecule has 0 heterocycles. The van der Waals surface area contributed by atoms with Crippen LogP contribution in [0.3, 0.4) is 0 Å². The maximum absolute atomic E-state index is 12.3. The molecule has 0 spiro atoms. The van der Waals surface area contributed by atoms with Gasteiger partial charge in [-0.3, -0.25) is 9.59 Å². The maximum atomic E-state index is 12.3. The molecule has 23 heavy (non-hydrogen) atoms. The molecule has 0 bridgehead atoms. The molecule has 2 rings (SSSR count). The van der Waals surface area contributed by atoms with E-state index in [0.29, 0.717) is 17.7 Å². The predicted molar refractivity (Wildman–Crippen MR) is 96.3 cm³/mol. The Morgan fingerprint density at radius 1 is 1.04 bits per heavy atom. The number of ketones is 1. The average Bonchev–Trinajstić information content (AvgIpc) is 2.54. The van der Waals surface area contributed by atoms with E-state index in [1.54, 1.807) is 43.0 Å². The van der Waals surface area contributed by atoms with Gasteiger partial charge in [0.1, 0.15) is 0 Å². The van der Waals surface area contributed by atoms with Gasteiger partial charge < -0.3 is 5.32 Å². The lowest BCUT2D eigenvalue weighted by Gasteiger charge is -2.07. The second-order valence-corrected chi connectivity index (χ2v) is 6.48. The molecule has 0 saturated heterocycles. The number of anilines is 1. The highest BCUT2D eigenvalue weighted by Gasteiger charge is 2.08. The summed E-state index contributed by atoms with van der Waals surface area (Å²) in [7, 11) is 0. The van der Waals surface area contributed by atoms with Crippen molar-refractivity contribution in [3.8, 4) is 0 Å². The van der Waals surface area contributed by atoms with Crippen molar-refractivity contribution in [2.24, 2.45) is 0 Å². The number of amides is 1. The van der Waals surface area contributed by atoms with Crippen LogP contribution in [-0.4, -0.2) is 17.4 Å². The molecule has 0 saturated carbocycles. The molecule has 4 heteroatoms. The highest BCUT2D eigenvalue weighted by molar-refractivity contribution is 8.00. The maximum Gasteiger partial charge on any atom is 0.224 e. The molecule has 0 unspecified atom stereocenters. The Labute approximate surface area is 141 Å². The zero-order valence-electron chi connectivity index (χ0n) is 13.7. The van der Waals surface area contributed by atoms with Crippen molar-refractivity contribution in [1.82, 2.24) is 0 Å². The highest BCUT2D eigenvalue weighted by atomic mass is 32.2. The molecular weight excluding hydrogens is 306 g/mol. The van der Waals surface area contributed by atoms with E-state index in [1.165, 1.54) is 11.1 Å². The molecular formula is C19H21NO2S. The van der Waals surface area contributed by atoms with Crippen molar-refractivity contribution >= 4 is 29.1 Å². The van der Waals surface area contributed by atoms with Crippen molar-refractivity contribution in [2.75, 3.05) is 11.1 Å². The van der Waals surface area contributed by atoms with Crippen LogP contribution >= 0.6 is 11.8 Å². The molecule has 3 nitrogen and oxygen atoms in total. The number of carbonyl (C=O) groups excluding carboxylic acids is 2. The summed E-state index contributed by atoms with van der Waals surface area (Å²) in [6, 6.07) is 13.3. The SMILES string of the molecule is CCC(=O)Nc1ccc(C(=O)CSc2ccc(C)cc2C)cc1. The third-order valence-electron chi connectivity index (χ3n) is 3.50. The second-order valence-electron chi connectivity index (χ2n) is 5.46. The molecule has 0 aromatic heterocycles. The molecule has 0 aliphatic heterocycles. The monoisotopic (exact) mass is 327 g/mol. The lowest BCUT2D eigenvalue weighted by molar-refractivity contribution is -0.115. The third kappa shape index (κ3) is 4.96. The molecule has 1 N–H and O–H groups in total. The Kier molecular flexibility index (Phi) is 5.99. The van der Waals surface area contributed by atoms with Crippen molar-refractivity contribution in [3.05, 3.63) is 59.2 Å². The minimum atomic E-state index is -0.0329. The molecule has 2 aromatic carbocycles. The van der Waals surface area contributed by atoms with Crippen LogP contribution < -0.4 is 5.32 Å². The van der Waals surface area contributed by atoms with E-state index >= 15 is 0 Å². The number of hydrogen-bond donors (Lipinski definition) is 1. The Morgan fingerprint density at radius 2 is 1.74 bits per heavy atom. The molecule has 0 fully saturated rings. The fraction of sp³-hybridized carbons (Fsp3) is 0.263. The number of nitrogens with one attached hydrogen (secondary N) is 1. The van der Waals surface area contributed by atoms with Gasteiger partial charge in [0, 0.05) is 22.6 Å². The number of Topliss-reactive ketones (excluding diaryl/α,β-unsaturated/α-hetero) is 1. The third-order valence-corrected chi connectivity index (χ3v) is 4.68. The van der Waals surface area contributed by atoms with E-state index in [1.807, 2.05) is 0 Å². The van der Waals surface area contributed by atoms with E-state index in [2.05, 4.69) is 37.4 Å². The lowest BCUT2D eigenvalue weighted by atomic mass is 10.1. The Balaban J connectivity index is 1.96. The lowest BCUT2D eigenvalue weighted by Crippen LogP contribution is -2.09. The molecule has 0 aliphatic carbocycles. The minimum absolute atomic E-state index is 0.0329. The molecule has 1 amide bonds. The first-order valence-corrected chi connectivity index (χ1v) is 8.61. The van der Waals surface area contributed by atoms with Crippen LogP contribution in [-0.2, 0) is 4.79 Å². The van der Waals surface area contributed by atoms with Crippen molar-refractivity contribution in [3.63, 3.8) is 0 Å². The quantitative estimate of drug-likeness (QED) is 0.621. The summed E-state index contributed by atoms with van der Waals surface area (Å²) in [6.45, 7) is 5.92. The van der Waals surface area contributed by atoms with Crippen LogP contribution in [0, 0.1) is 13.8 Å². The van der Waals surface area contributed by atoms with Gasteiger partial charge in [-0.05, 0) is 49.7 Å². The Morgan fingerprint density at radius 3 is 2.35 bits per heavy atom. The predicted octanol–water partition coefficient (Wildman–Crippen LogP) is 4.63. The van der Waals surface area contributed by atoms with Gasteiger partial charge in [0.25, 0.3) is 0 Å². The van der Waals surface area contributed by atoms with Gasteiger partial charge in [-0.15, -0.1) is 11.8 Å². The normalized spacial score (nSPS) is 10.4. The zero-order valence-corrected chi connectivity index (χ0v) is 14.5. The van der Waals surface area contributed by atoms with Crippen LogP contribution in [0.5, 0.6) is 0 Å². The van der Waals surface area contributed by atoms with Crippen LogP contribution in [0.25, 0.3) is 0 Å². The fourth-order valence-corrected chi connectivity index (χ4v) is 3.08. The topological polar surface area (TPSA) is 46.2 Å². The summed E-state index contributed by atoms with van der Waals surface area (Å²) >= 11 is 1.56. The van der Waals surface area contributed by atoms with Gasteiger partial charge in [-0.2, -0.15) is 0 Å². The second kappa shape index (κ2) is 7.97. The number of carbonyl (C=O) groups is 2. The van der Waals surface area contributed by atoms with Crippen molar-refractivity contribution in [1.29, 1.82) is 0 Å². The number of hydrogen-bond acceptors (Lipinski definition) is 3. The summed E-state index contributed by atoms with van der Waals surface area (Å²) in [5.41, 5.74) is 3.80. The summed E-state index contributed by atoms with van der Waals surface area (Å²) in [5, 5.41) is 2.77. The average molecular weight is 327 g/mol. The van der Waals surface area contributed by atoms with Gasteiger partial charge in [-0.25, -0.2) is 0 Å². The first-order valence-electron chi connectivity index (χ1n) is 7.62. The van der Waals surface area contributed by atoms with Crippen LogP contribution in [0.15, 0.2) is 47.4 Å². The first kappa shape index (κ1) is 17.3. The van der Waals surface area contributed by atoms with E-state index in [-0.39, 0.29) is 11.7 Å². The van der Waals surface area contributed by atoms with Gasteiger partial charge in [0.15, 0.2) is 5.78 Å². The molecule has 0 radical (unpaired) electrons. The van der Waals surface area contributed by atoms with Crippen LogP contribution in [0.4, 0.5) is 5.69 Å². The minimum Gasteiger partial charge on any atom is -0.326 e. The van der Waals surface area contributed by atoms with E-state index in [4.69, 9.17) is 0 Å². The summed E-state index contributed by atoms with van der Waals surface area (Å²) in [6.07, 6.45) is 0.438. The molecule has 0 atom stereocenters. The number of benzene rings is 2. The highest BCUT2D eigenvalue weighted by Crippen LogP contribution is 2.24. The summed E-state index contributed by atoms with van der Waals surface area (Å²) in [5.74, 6) is 0.461. The van der Waals surface area contributed by atoms with Gasteiger partial charge in [-0.1, -0.05) is 24.6 Å². The number of aryl methyl sites for hydroxylation is 2. The molecule has 0 aliphatic rings. The summed E-state index contributed by atoms with van der Waals surface area (Å²) in [4.78, 5) is 24.7. The van der Waals surface area contributed by atoms with Crippen molar-refractivity contribution < 1.29 is 9.59 Å². The number of rotatable bonds is 6. The fourth-order valence-electron chi connectivity index (χ4n) is 2.18. The Hall–Kier alpha value is -2.07. The molecule has 2 aromatic rings. The molecule has 120 valence electrons. The van der Waals surface area contributed by atoms with Crippen LogP contribution in [0.1, 0.15) is 34.8 Å². The van der Waals surface area contributed by atoms with Crippen molar-refractivity contribution in [2.45, 2.75) is 32.1 Å². The first-order chi connectivity index (χ1) is 11.0. The zero-order chi connectivity index (χ0) is 16.8.